The van der Waals surface area contributed by atoms with Gasteiger partial charge in [0.2, 0.25) is 5.91 Å². The van der Waals surface area contributed by atoms with Crippen molar-refractivity contribution < 1.29 is 4.79 Å². The van der Waals surface area contributed by atoms with Gasteiger partial charge in [-0.1, -0.05) is 6.92 Å². The molecule has 0 radical (unpaired) electrons. The first-order valence-corrected chi connectivity index (χ1v) is 5.87. The maximum atomic E-state index is 11.6. The summed E-state index contributed by atoms with van der Waals surface area (Å²) in [7, 11) is 0. The van der Waals surface area contributed by atoms with E-state index in [4.69, 9.17) is 0 Å². The lowest BCUT2D eigenvalue weighted by atomic mass is 10.3. The minimum atomic E-state index is 0.253. The first-order valence-electron chi connectivity index (χ1n) is 4.99. The summed E-state index contributed by atoms with van der Waals surface area (Å²) in [6, 6.07) is 0.492. The Morgan fingerprint density at radius 3 is 3.00 bits per heavy atom. The van der Waals surface area contributed by atoms with Crippen molar-refractivity contribution in [2.24, 2.45) is 0 Å². The lowest BCUT2D eigenvalue weighted by Crippen LogP contribution is -2.31. The molecule has 1 heterocycles. The summed E-state index contributed by atoms with van der Waals surface area (Å²) in [5, 5.41) is 3.00. The standard InChI is InChI=1S/C10H14N2OS/c1-2-10(13)12(8-3-4-8)7-9-11-5-6-14-9/h5-6,8H,2-4,7H2,1H3. The molecule has 1 aliphatic rings. The van der Waals surface area contributed by atoms with Gasteiger partial charge in [-0.05, 0) is 12.8 Å². The molecule has 0 unspecified atom stereocenters. The number of aromatic nitrogens is 1. The van der Waals surface area contributed by atoms with Gasteiger partial charge in [0.05, 0.1) is 6.54 Å². The van der Waals surface area contributed by atoms with Crippen LogP contribution in [0.5, 0.6) is 0 Å². The van der Waals surface area contributed by atoms with Gasteiger partial charge in [-0.2, -0.15) is 0 Å². The Kier molecular flexibility index (Phi) is 2.82. The van der Waals surface area contributed by atoms with Gasteiger partial charge in [0.25, 0.3) is 0 Å². The summed E-state index contributed by atoms with van der Waals surface area (Å²) >= 11 is 1.62. The average Bonchev–Trinajstić information content (AvgIpc) is 2.92. The molecule has 1 fully saturated rings. The molecule has 76 valence electrons. The summed E-state index contributed by atoms with van der Waals surface area (Å²) in [6.07, 6.45) is 4.72. The van der Waals surface area contributed by atoms with E-state index >= 15 is 0 Å². The van der Waals surface area contributed by atoms with Gasteiger partial charge >= 0.3 is 0 Å². The molecule has 1 aliphatic carbocycles. The van der Waals surface area contributed by atoms with Crippen LogP contribution in [0.3, 0.4) is 0 Å². The van der Waals surface area contributed by atoms with Gasteiger partial charge in [-0.3, -0.25) is 4.79 Å². The number of nitrogens with zero attached hydrogens (tertiary/aromatic N) is 2. The van der Waals surface area contributed by atoms with Crippen LogP contribution in [-0.2, 0) is 11.3 Å². The second-order valence-electron chi connectivity index (χ2n) is 3.53. The van der Waals surface area contributed by atoms with E-state index in [1.807, 2.05) is 17.2 Å². The average molecular weight is 210 g/mol. The van der Waals surface area contributed by atoms with Crippen LogP contribution in [-0.4, -0.2) is 21.8 Å². The Morgan fingerprint density at radius 1 is 1.71 bits per heavy atom. The summed E-state index contributed by atoms with van der Waals surface area (Å²) in [5.74, 6) is 0.253. The minimum absolute atomic E-state index is 0.253. The van der Waals surface area contributed by atoms with Gasteiger partial charge in [-0.25, -0.2) is 4.98 Å². The molecular weight excluding hydrogens is 196 g/mol. The topological polar surface area (TPSA) is 33.2 Å². The zero-order chi connectivity index (χ0) is 9.97. The highest BCUT2D eigenvalue weighted by Gasteiger charge is 2.31. The van der Waals surface area contributed by atoms with E-state index in [-0.39, 0.29) is 5.91 Å². The predicted octanol–water partition coefficient (Wildman–Crippen LogP) is 2.04. The Balaban J connectivity index is 2.00. The third-order valence-electron chi connectivity index (χ3n) is 2.40. The molecule has 0 spiro atoms. The van der Waals surface area contributed by atoms with Crippen molar-refractivity contribution in [1.29, 1.82) is 0 Å². The summed E-state index contributed by atoms with van der Waals surface area (Å²) in [6.45, 7) is 2.62. The molecule has 14 heavy (non-hydrogen) atoms. The van der Waals surface area contributed by atoms with E-state index < -0.39 is 0 Å². The van der Waals surface area contributed by atoms with Gasteiger partial charge in [0, 0.05) is 24.0 Å². The van der Waals surface area contributed by atoms with Crippen LogP contribution in [0.1, 0.15) is 31.2 Å². The number of hydrogen-bond donors (Lipinski definition) is 0. The molecule has 1 aromatic heterocycles. The zero-order valence-corrected chi connectivity index (χ0v) is 9.09. The molecule has 2 rings (SSSR count). The molecule has 4 heteroatoms. The Bertz CT molecular complexity index is 306. The lowest BCUT2D eigenvalue weighted by Gasteiger charge is -2.20. The first kappa shape index (κ1) is 9.65. The van der Waals surface area contributed by atoms with E-state index in [1.165, 1.54) is 0 Å². The van der Waals surface area contributed by atoms with Crippen LogP contribution in [0, 0.1) is 0 Å². The Hall–Kier alpha value is -0.900. The van der Waals surface area contributed by atoms with Gasteiger partial charge < -0.3 is 4.90 Å². The monoisotopic (exact) mass is 210 g/mol. The third-order valence-corrected chi connectivity index (χ3v) is 3.16. The number of rotatable bonds is 4. The maximum absolute atomic E-state index is 11.6. The van der Waals surface area contributed by atoms with E-state index in [1.54, 1.807) is 17.5 Å². The highest BCUT2D eigenvalue weighted by atomic mass is 32.1. The van der Waals surface area contributed by atoms with E-state index in [2.05, 4.69) is 4.98 Å². The highest BCUT2D eigenvalue weighted by molar-refractivity contribution is 7.09. The van der Waals surface area contributed by atoms with Crippen molar-refractivity contribution in [3.63, 3.8) is 0 Å². The number of carbonyl (C=O) groups excluding carboxylic acids is 1. The Morgan fingerprint density at radius 2 is 2.50 bits per heavy atom. The van der Waals surface area contributed by atoms with Crippen LogP contribution in [0.25, 0.3) is 0 Å². The van der Waals surface area contributed by atoms with Crippen molar-refractivity contribution in [2.75, 3.05) is 0 Å². The second kappa shape index (κ2) is 4.09. The molecule has 0 aromatic carbocycles. The van der Waals surface area contributed by atoms with E-state index in [0.717, 1.165) is 17.8 Å². The van der Waals surface area contributed by atoms with E-state index in [0.29, 0.717) is 19.0 Å². The quantitative estimate of drug-likeness (QED) is 0.762. The smallest absolute Gasteiger partial charge is 0.222 e. The zero-order valence-electron chi connectivity index (χ0n) is 8.27. The number of thiazole rings is 1. The number of carbonyl (C=O) groups is 1. The SMILES string of the molecule is CCC(=O)N(Cc1nccs1)C1CC1. The summed E-state index contributed by atoms with van der Waals surface area (Å²) < 4.78 is 0. The lowest BCUT2D eigenvalue weighted by molar-refractivity contribution is -0.132. The minimum Gasteiger partial charge on any atom is -0.333 e. The molecule has 3 nitrogen and oxygen atoms in total. The van der Waals surface area contributed by atoms with Crippen molar-refractivity contribution in [2.45, 2.75) is 38.8 Å². The predicted molar refractivity (Wildman–Crippen MR) is 56.0 cm³/mol. The third kappa shape index (κ3) is 2.12. The fourth-order valence-corrected chi connectivity index (χ4v) is 2.10. The van der Waals surface area contributed by atoms with Crippen molar-refractivity contribution in [3.05, 3.63) is 16.6 Å². The molecule has 1 amide bonds. The summed E-state index contributed by atoms with van der Waals surface area (Å²) in [4.78, 5) is 17.8. The molecule has 0 bridgehead atoms. The molecule has 0 N–H and O–H groups in total. The molecule has 1 aromatic rings. The van der Waals surface area contributed by atoms with Gasteiger partial charge in [-0.15, -0.1) is 11.3 Å². The molecule has 0 saturated heterocycles. The van der Waals surface area contributed by atoms with Crippen LogP contribution in [0.4, 0.5) is 0 Å². The molecule has 0 atom stereocenters. The van der Waals surface area contributed by atoms with Gasteiger partial charge in [0.15, 0.2) is 0 Å². The summed E-state index contributed by atoms with van der Waals surface area (Å²) in [5.41, 5.74) is 0. The van der Waals surface area contributed by atoms with Crippen LogP contribution >= 0.6 is 11.3 Å². The first-order chi connectivity index (χ1) is 6.81. The van der Waals surface area contributed by atoms with E-state index in [9.17, 15) is 4.79 Å². The number of hydrogen-bond acceptors (Lipinski definition) is 3. The maximum Gasteiger partial charge on any atom is 0.222 e. The largest absolute Gasteiger partial charge is 0.333 e. The van der Waals surface area contributed by atoms with Crippen LogP contribution < -0.4 is 0 Å². The van der Waals surface area contributed by atoms with Crippen molar-refractivity contribution in [1.82, 2.24) is 9.88 Å². The molecular formula is C10H14N2OS. The normalized spacial score (nSPS) is 15.5. The number of amides is 1. The second-order valence-corrected chi connectivity index (χ2v) is 4.51. The fraction of sp³-hybridized carbons (Fsp3) is 0.600. The van der Waals surface area contributed by atoms with Crippen LogP contribution in [0.15, 0.2) is 11.6 Å². The van der Waals surface area contributed by atoms with Crippen molar-refractivity contribution >= 4 is 17.2 Å². The molecule has 1 saturated carbocycles. The highest BCUT2D eigenvalue weighted by Crippen LogP contribution is 2.29. The van der Waals surface area contributed by atoms with Gasteiger partial charge in [0.1, 0.15) is 5.01 Å². The Labute approximate surface area is 87.8 Å². The molecule has 0 aliphatic heterocycles. The van der Waals surface area contributed by atoms with Crippen molar-refractivity contribution in [3.8, 4) is 0 Å². The fourth-order valence-electron chi connectivity index (χ4n) is 1.49. The van der Waals surface area contributed by atoms with Crippen LogP contribution in [0.2, 0.25) is 0 Å².